The van der Waals surface area contributed by atoms with Gasteiger partial charge in [-0.05, 0) is 0 Å². The Morgan fingerprint density at radius 1 is 1.57 bits per heavy atom. The molecule has 0 saturated heterocycles. The molecule has 0 spiro atoms. The summed E-state index contributed by atoms with van der Waals surface area (Å²) in [6.07, 6.45) is 0.900. The summed E-state index contributed by atoms with van der Waals surface area (Å²) in [5, 5.41) is 20.5. The van der Waals surface area contributed by atoms with E-state index >= 15 is 0 Å². The smallest absolute Gasteiger partial charge is 0.545 e. The number of nitrogens with zero attached hydrogens (tertiary/aromatic N) is 2. The average Bonchev–Trinajstić information content (AvgIpc) is 2.04. The maximum Gasteiger partial charge on any atom is 1.00 e. The van der Waals surface area contributed by atoms with E-state index in [1.807, 2.05) is 0 Å². The third-order valence-electron chi connectivity index (χ3n) is 1.33. The van der Waals surface area contributed by atoms with Crippen LogP contribution in [-0.2, 0) is 0 Å². The molecule has 1 rings (SSSR count). The first-order valence-corrected chi connectivity index (χ1v) is 3.13. The molecule has 0 bridgehead atoms. The monoisotopic (exact) mass is 205 g/mol. The van der Waals surface area contributed by atoms with Crippen LogP contribution in [0, 0.1) is 10.1 Å². The van der Waals surface area contributed by atoms with E-state index in [2.05, 4.69) is 4.98 Å². The molecule has 0 aliphatic heterocycles. The molecule has 1 heterocycles. The molecule has 0 aromatic carbocycles. The van der Waals surface area contributed by atoms with Crippen molar-refractivity contribution >= 4 is 17.5 Å². The molecule has 1 aromatic heterocycles. The minimum atomic E-state index is -1.53. The SMILES string of the molecule is Nc1ncc(C(=O)[O-])cc1[N+](=O)[O-].[Na+]. The van der Waals surface area contributed by atoms with Crippen LogP contribution < -0.4 is 40.4 Å². The Kier molecular flexibility index (Phi) is 4.48. The number of rotatable bonds is 2. The van der Waals surface area contributed by atoms with Crippen LogP contribution in [0.2, 0.25) is 0 Å². The number of hydrogen-bond donors (Lipinski definition) is 1. The number of aromatic carboxylic acids is 1. The van der Waals surface area contributed by atoms with E-state index in [1.165, 1.54) is 0 Å². The van der Waals surface area contributed by atoms with Crippen LogP contribution in [0.25, 0.3) is 0 Å². The zero-order valence-corrected chi connectivity index (χ0v) is 9.26. The standard InChI is InChI=1S/C6H5N3O4.Na/c7-5-4(9(12)13)1-3(2-8-5)6(10)11;/h1-2H,(H2,7,8)(H,10,11);/q;+1/p-1. The first-order chi connectivity index (χ1) is 6.02. The number of aromatic nitrogens is 1. The van der Waals surface area contributed by atoms with Crippen molar-refractivity contribution < 1.29 is 44.4 Å². The fraction of sp³-hybridized carbons (Fsp3) is 0. The van der Waals surface area contributed by atoms with Gasteiger partial charge >= 0.3 is 35.2 Å². The van der Waals surface area contributed by atoms with Gasteiger partial charge in [-0.15, -0.1) is 0 Å². The number of anilines is 1. The van der Waals surface area contributed by atoms with Gasteiger partial charge in [0.1, 0.15) is 0 Å². The molecule has 0 fully saturated rings. The van der Waals surface area contributed by atoms with Crippen molar-refractivity contribution in [2.45, 2.75) is 0 Å². The van der Waals surface area contributed by atoms with Crippen LogP contribution in [0.1, 0.15) is 10.4 Å². The Labute approximate surface area is 100 Å². The Morgan fingerprint density at radius 2 is 2.14 bits per heavy atom. The minimum Gasteiger partial charge on any atom is -0.545 e. The zero-order valence-electron chi connectivity index (χ0n) is 7.26. The van der Waals surface area contributed by atoms with Crippen molar-refractivity contribution in [2.75, 3.05) is 5.73 Å². The second-order valence-electron chi connectivity index (χ2n) is 2.17. The molecule has 2 N–H and O–H groups in total. The number of hydrogen-bond acceptors (Lipinski definition) is 6. The maximum absolute atomic E-state index is 10.3. The van der Waals surface area contributed by atoms with Crippen molar-refractivity contribution in [3.05, 3.63) is 27.9 Å². The Bertz CT molecular complexity index is 381. The summed E-state index contributed by atoms with van der Waals surface area (Å²) >= 11 is 0. The molecule has 1 aromatic rings. The molecular formula is C6H4N3NaO4. The van der Waals surface area contributed by atoms with E-state index in [-0.39, 0.29) is 40.9 Å². The van der Waals surface area contributed by atoms with Crippen molar-refractivity contribution in [3.8, 4) is 0 Å². The van der Waals surface area contributed by atoms with Crippen molar-refractivity contribution in [3.63, 3.8) is 0 Å². The van der Waals surface area contributed by atoms with Crippen LogP contribution in [0.15, 0.2) is 12.3 Å². The molecule has 0 atom stereocenters. The second kappa shape index (κ2) is 4.89. The van der Waals surface area contributed by atoms with Gasteiger partial charge in [0, 0.05) is 17.8 Å². The van der Waals surface area contributed by atoms with Gasteiger partial charge in [-0.3, -0.25) is 10.1 Å². The third-order valence-corrected chi connectivity index (χ3v) is 1.33. The van der Waals surface area contributed by atoms with Gasteiger partial charge in [0.25, 0.3) is 0 Å². The number of pyridine rings is 1. The summed E-state index contributed by atoms with van der Waals surface area (Å²) < 4.78 is 0. The van der Waals surface area contributed by atoms with Crippen molar-refractivity contribution in [1.82, 2.24) is 4.98 Å². The quantitative estimate of drug-likeness (QED) is 0.297. The molecule has 68 valence electrons. The fourth-order valence-electron chi connectivity index (χ4n) is 0.722. The maximum atomic E-state index is 10.3. The third kappa shape index (κ3) is 2.66. The minimum absolute atomic E-state index is 0. The largest absolute Gasteiger partial charge is 1.00 e. The van der Waals surface area contributed by atoms with Crippen LogP contribution >= 0.6 is 0 Å². The van der Waals surface area contributed by atoms with Gasteiger partial charge in [-0.1, -0.05) is 0 Å². The summed E-state index contributed by atoms with van der Waals surface area (Å²) in [7, 11) is 0. The van der Waals surface area contributed by atoms with Gasteiger partial charge in [0.05, 0.1) is 10.9 Å². The Balaban J connectivity index is 0.00000169. The normalized spacial score (nSPS) is 8.86. The first kappa shape index (κ1) is 12.8. The van der Waals surface area contributed by atoms with E-state index in [1.54, 1.807) is 0 Å². The molecular weight excluding hydrogens is 201 g/mol. The predicted molar refractivity (Wildman–Crippen MR) is 39.6 cm³/mol. The second-order valence-corrected chi connectivity index (χ2v) is 2.17. The first-order valence-electron chi connectivity index (χ1n) is 3.13. The van der Waals surface area contributed by atoms with Gasteiger partial charge in [0.15, 0.2) is 0 Å². The molecule has 14 heavy (non-hydrogen) atoms. The van der Waals surface area contributed by atoms with E-state index < -0.39 is 16.6 Å². The van der Waals surface area contributed by atoms with Crippen LogP contribution in [0.5, 0.6) is 0 Å². The van der Waals surface area contributed by atoms with E-state index in [0.717, 1.165) is 12.3 Å². The number of carboxylic acid groups (broad SMARTS) is 1. The van der Waals surface area contributed by atoms with Crippen molar-refractivity contribution in [2.24, 2.45) is 0 Å². The Morgan fingerprint density at radius 3 is 2.57 bits per heavy atom. The number of carboxylic acids is 1. The topological polar surface area (TPSA) is 122 Å². The zero-order chi connectivity index (χ0) is 10.0. The van der Waals surface area contributed by atoms with E-state index in [4.69, 9.17) is 5.73 Å². The van der Waals surface area contributed by atoms with Gasteiger partial charge < -0.3 is 15.6 Å². The number of nitrogens with two attached hydrogens (primary N) is 1. The molecule has 8 heteroatoms. The van der Waals surface area contributed by atoms with Crippen LogP contribution in [-0.4, -0.2) is 15.9 Å². The van der Waals surface area contributed by atoms with Crippen LogP contribution in [0.4, 0.5) is 11.5 Å². The summed E-state index contributed by atoms with van der Waals surface area (Å²) in [5.74, 6) is -1.86. The Hall–Kier alpha value is -1.18. The van der Waals surface area contributed by atoms with E-state index in [9.17, 15) is 20.0 Å². The molecule has 0 amide bonds. The number of nitro groups is 1. The summed E-state index contributed by atoms with van der Waals surface area (Å²) in [4.78, 5) is 23.1. The fourth-order valence-corrected chi connectivity index (χ4v) is 0.722. The van der Waals surface area contributed by atoms with Gasteiger partial charge in [-0.25, -0.2) is 4.98 Å². The molecule has 0 unspecified atom stereocenters. The number of carbonyl (C=O) groups excluding carboxylic acids is 1. The van der Waals surface area contributed by atoms with Gasteiger partial charge in [0.2, 0.25) is 5.82 Å². The summed E-state index contributed by atoms with van der Waals surface area (Å²) in [6, 6.07) is 0.803. The molecule has 0 aliphatic rings. The number of nitrogen functional groups attached to an aromatic ring is 1. The molecule has 7 nitrogen and oxygen atoms in total. The van der Waals surface area contributed by atoms with Crippen LogP contribution in [0.3, 0.4) is 0 Å². The molecule has 0 radical (unpaired) electrons. The molecule has 0 aliphatic carbocycles. The average molecular weight is 205 g/mol. The van der Waals surface area contributed by atoms with Gasteiger partial charge in [-0.2, -0.15) is 0 Å². The predicted octanol–water partition coefficient (Wildman–Crippen LogP) is -4.06. The molecule has 0 saturated carbocycles. The number of carbonyl (C=O) groups is 1. The summed E-state index contributed by atoms with van der Waals surface area (Å²) in [6.45, 7) is 0. The van der Waals surface area contributed by atoms with E-state index in [0.29, 0.717) is 0 Å². The summed E-state index contributed by atoms with van der Waals surface area (Å²) in [5.41, 5.74) is 4.21. The van der Waals surface area contributed by atoms with Crippen molar-refractivity contribution in [1.29, 1.82) is 0 Å².